The Balaban J connectivity index is 1.93. The zero-order chi connectivity index (χ0) is 23.1. The molecule has 0 N–H and O–H groups in total. The normalized spacial score (nSPS) is 10.6. The number of rotatable bonds is 9. The van der Waals surface area contributed by atoms with Crippen molar-refractivity contribution in [1.82, 2.24) is 4.57 Å². The van der Waals surface area contributed by atoms with E-state index in [2.05, 4.69) is 15.9 Å². The van der Waals surface area contributed by atoms with Gasteiger partial charge in [-0.2, -0.15) is 5.26 Å². The van der Waals surface area contributed by atoms with Crippen molar-refractivity contribution >= 4 is 21.7 Å². The molecule has 2 aromatic carbocycles. The van der Waals surface area contributed by atoms with Crippen molar-refractivity contribution in [2.24, 2.45) is 0 Å². The van der Waals surface area contributed by atoms with Gasteiger partial charge in [-0.3, -0.25) is 9.59 Å². The Morgan fingerprint density at radius 3 is 2.62 bits per heavy atom. The topological polar surface area (TPSA) is 81.3 Å². The van der Waals surface area contributed by atoms with E-state index in [1.807, 2.05) is 30.3 Å². The van der Waals surface area contributed by atoms with Gasteiger partial charge in [0, 0.05) is 36.5 Å². The Morgan fingerprint density at radius 2 is 1.94 bits per heavy atom. The summed E-state index contributed by atoms with van der Waals surface area (Å²) in [5.74, 6) is -0.944. The van der Waals surface area contributed by atoms with Crippen molar-refractivity contribution in [3.8, 4) is 11.8 Å². The summed E-state index contributed by atoms with van der Waals surface area (Å²) in [6.45, 7) is 0.877. The molecule has 0 spiro atoms. The van der Waals surface area contributed by atoms with Crippen LogP contribution in [0.2, 0.25) is 0 Å². The van der Waals surface area contributed by atoms with Crippen LogP contribution in [-0.4, -0.2) is 24.1 Å². The molecule has 0 bridgehead atoms. The fourth-order valence-corrected chi connectivity index (χ4v) is 3.35. The van der Waals surface area contributed by atoms with Gasteiger partial charge in [0.15, 0.2) is 5.78 Å². The molecule has 0 atom stereocenters. The average molecular weight is 499 g/mol. The van der Waals surface area contributed by atoms with Gasteiger partial charge in [0.1, 0.15) is 29.8 Å². The number of nitriles is 1. The van der Waals surface area contributed by atoms with E-state index in [1.165, 1.54) is 29.0 Å². The largest absolute Gasteiger partial charge is 0.488 e. The van der Waals surface area contributed by atoms with Gasteiger partial charge in [-0.15, -0.1) is 0 Å². The number of halogens is 2. The molecule has 1 heterocycles. The molecule has 3 aromatic rings. The van der Waals surface area contributed by atoms with Crippen molar-refractivity contribution in [2.45, 2.75) is 19.6 Å². The Labute approximate surface area is 193 Å². The summed E-state index contributed by atoms with van der Waals surface area (Å²) < 4.78 is 27.0. The van der Waals surface area contributed by atoms with Crippen LogP contribution < -0.4 is 10.3 Å². The lowest BCUT2D eigenvalue weighted by Gasteiger charge is -2.13. The van der Waals surface area contributed by atoms with Crippen LogP contribution in [-0.2, 0) is 17.9 Å². The van der Waals surface area contributed by atoms with E-state index in [1.54, 1.807) is 7.11 Å². The second kappa shape index (κ2) is 10.8. The van der Waals surface area contributed by atoms with Gasteiger partial charge >= 0.3 is 0 Å². The lowest BCUT2D eigenvalue weighted by molar-refractivity contribution is 0.103. The quantitative estimate of drug-likeness (QED) is 0.321. The van der Waals surface area contributed by atoms with Gasteiger partial charge in [-0.25, -0.2) is 4.39 Å². The third-order valence-electron chi connectivity index (χ3n) is 4.71. The molecule has 32 heavy (non-hydrogen) atoms. The highest BCUT2D eigenvalue weighted by Crippen LogP contribution is 2.24. The minimum Gasteiger partial charge on any atom is -0.488 e. The summed E-state index contributed by atoms with van der Waals surface area (Å²) in [6, 6.07) is 14.2. The summed E-state index contributed by atoms with van der Waals surface area (Å²) in [6.07, 6.45) is 1.91. The average Bonchev–Trinajstić information content (AvgIpc) is 2.80. The molecule has 164 valence electrons. The molecule has 3 rings (SSSR count). The predicted octanol–water partition coefficient (Wildman–Crippen LogP) is 4.47. The minimum absolute atomic E-state index is 0.00749. The van der Waals surface area contributed by atoms with E-state index < -0.39 is 17.2 Å². The monoisotopic (exact) mass is 498 g/mol. The summed E-state index contributed by atoms with van der Waals surface area (Å²) >= 11 is 3.37. The second-order valence-corrected chi connectivity index (χ2v) is 7.90. The summed E-state index contributed by atoms with van der Waals surface area (Å²) in [7, 11) is 1.54. The number of pyridine rings is 1. The fourth-order valence-electron chi connectivity index (χ4n) is 3.09. The van der Waals surface area contributed by atoms with Crippen LogP contribution in [0.1, 0.15) is 33.5 Å². The zero-order valence-electron chi connectivity index (χ0n) is 17.3. The van der Waals surface area contributed by atoms with Crippen LogP contribution in [0.5, 0.6) is 5.75 Å². The maximum atomic E-state index is 14.0. The molecule has 0 unspecified atom stereocenters. The van der Waals surface area contributed by atoms with Crippen LogP contribution in [0, 0.1) is 17.1 Å². The third-order valence-corrected chi connectivity index (χ3v) is 5.24. The van der Waals surface area contributed by atoms with Crippen molar-refractivity contribution < 1.29 is 18.7 Å². The number of benzene rings is 2. The van der Waals surface area contributed by atoms with Crippen LogP contribution in [0.15, 0.2) is 64.0 Å². The highest BCUT2D eigenvalue weighted by molar-refractivity contribution is 9.10. The molecule has 0 radical (unpaired) electrons. The maximum Gasteiger partial charge on any atom is 0.268 e. The smallest absolute Gasteiger partial charge is 0.268 e. The van der Waals surface area contributed by atoms with E-state index >= 15 is 0 Å². The van der Waals surface area contributed by atoms with E-state index in [4.69, 9.17) is 9.47 Å². The third kappa shape index (κ3) is 5.69. The van der Waals surface area contributed by atoms with Gasteiger partial charge < -0.3 is 14.0 Å². The number of ether oxygens (including phenoxy) is 2. The number of aryl methyl sites for hydroxylation is 1. The number of ketones is 1. The lowest BCUT2D eigenvalue weighted by Crippen LogP contribution is -2.24. The van der Waals surface area contributed by atoms with Crippen LogP contribution in [0.25, 0.3) is 0 Å². The number of aromatic nitrogens is 1. The summed E-state index contributed by atoms with van der Waals surface area (Å²) in [5.41, 5.74) is 0.313. The van der Waals surface area contributed by atoms with Gasteiger partial charge in [-0.05, 0) is 48.4 Å². The van der Waals surface area contributed by atoms with Gasteiger partial charge in [-0.1, -0.05) is 28.1 Å². The first-order chi connectivity index (χ1) is 15.4. The number of hydrogen-bond donors (Lipinski definition) is 0. The Bertz CT molecular complexity index is 1220. The van der Waals surface area contributed by atoms with Gasteiger partial charge in [0.25, 0.3) is 5.56 Å². The van der Waals surface area contributed by atoms with E-state index in [-0.39, 0.29) is 35.6 Å². The summed E-state index contributed by atoms with van der Waals surface area (Å²) in [4.78, 5) is 25.6. The van der Waals surface area contributed by atoms with Gasteiger partial charge in [0.05, 0.1) is 5.56 Å². The first-order valence-corrected chi connectivity index (χ1v) is 10.6. The number of carbonyl (C=O) groups excluding carboxylic acids is 1. The Hall–Kier alpha value is -3.28. The van der Waals surface area contributed by atoms with Crippen molar-refractivity contribution in [3.05, 3.63) is 97.6 Å². The highest BCUT2D eigenvalue weighted by Gasteiger charge is 2.19. The summed E-state index contributed by atoms with van der Waals surface area (Å²) in [5, 5.41) is 9.33. The first-order valence-electron chi connectivity index (χ1n) is 9.78. The number of carbonyl (C=O) groups is 1. The van der Waals surface area contributed by atoms with Crippen LogP contribution in [0.3, 0.4) is 0 Å². The molecular formula is C24H20BrFN2O4. The molecule has 0 aliphatic rings. The van der Waals surface area contributed by atoms with E-state index in [0.29, 0.717) is 13.0 Å². The van der Waals surface area contributed by atoms with E-state index in [9.17, 15) is 19.2 Å². The van der Waals surface area contributed by atoms with Crippen molar-refractivity contribution in [1.29, 1.82) is 5.26 Å². The molecule has 0 aliphatic heterocycles. The Morgan fingerprint density at radius 1 is 1.19 bits per heavy atom. The zero-order valence-corrected chi connectivity index (χ0v) is 18.9. The number of nitrogens with zero attached hydrogens (tertiary/aromatic N) is 2. The minimum atomic E-state index is -0.599. The Kier molecular flexibility index (Phi) is 7.92. The standard InChI is InChI=1S/C24H20BrFN2O4/c1-31-10-2-9-28-14-18(11-17(13-27)24(28)30)23(29)21-12-20(26)7-8-22(21)32-15-16-3-5-19(25)6-4-16/h3-8,11-12,14H,2,9-10,15H2,1H3. The molecule has 8 heteroatoms. The SMILES string of the molecule is COCCCn1cc(C(=O)c2cc(F)ccc2OCc2ccc(Br)cc2)cc(C#N)c1=O. The molecule has 0 saturated carbocycles. The van der Waals surface area contributed by atoms with Crippen molar-refractivity contribution in [2.75, 3.05) is 13.7 Å². The van der Waals surface area contributed by atoms with E-state index in [0.717, 1.165) is 16.1 Å². The van der Waals surface area contributed by atoms with Gasteiger partial charge in [0.2, 0.25) is 0 Å². The molecule has 0 fully saturated rings. The first kappa shape index (κ1) is 23.4. The molecule has 0 aliphatic carbocycles. The van der Waals surface area contributed by atoms with Crippen LogP contribution in [0.4, 0.5) is 4.39 Å². The highest BCUT2D eigenvalue weighted by atomic mass is 79.9. The molecular weight excluding hydrogens is 479 g/mol. The number of methoxy groups -OCH3 is 1. The lowest BCUT2D eigenvalue weighted by atomic mass is 10.0. The van der Waals surface area contributed by atoms with Crippen molar-refractivity contribution in [3.63, 3.8) is 0 Å². The molecule has 0 amide bonds. The molecule has 6 nitrogen and oxygen atoms in total. The fraction of sp³-hybridized carbons (Fsp3) is 0.208. The number of hydrogen-bond acceptors (Lipinski definition) is 5. The maximum absolute atomic E-state index is 14.0. The predicted molar refractivity (Wildman–Crippen MR) is 120 cm³/mol. The molecule has 0 saturated heterocycles. The second-order valence-electron chi connectivity index (χ2n) is 6.98. The van der Waals surface area contributed by atoms with Crippen LogP contribution >= 0.6 is 15.9 Å². The molecule has 1 aromatic heterocycles.